The van der Waals surface area contributed by atoms with Gasteiger partial charge >= 0.3 is 0 Å². The van der Waals surface area contributed by atoms with Crippen molar-refractivity contribution in [2.45, 2.75) is 19.1 Å². The van der Waals surface area contributed by atoms with Gasteiger partial charge in [-0.15, -0.1) is 0 Å². The molecule has 0 unspecified atom stereocenters. The minimum absolute atomic E-state index is 0.0252. The Bertz CT molecular complexity index is 1300. The first-order chi connectivity index (χ1) is 16.3. The number of rotatable bonds is 7. The Balaban J connectivity index is 1.44. The number of carbonyl (C=O) groups is 1. The lowest BCUT2D eigenvalue weighted by atomic mass is 10.1. The van der Waals surface area contributed by atoms with Gasteiger partial charge in [0, 0.05) is 0 Å². The highest BCUT2D eigenvalue weighted by Crippen LogP contribution is 2.31. The number of nitrogens with one attached hydrogen (secondary N) is 1. The monoisotopic (exact) mass is 498 g/mol. The van der Waals surface area contributed by atoms with Gasteiger partial charge in [-0.2, -0.15) is 9.39 Å². The summed E-state index contributed by atoms with van der Waals surface area (Å²) in [6.45, 7) is 3.81. The molecule has 9 nitrogen and oxygen atoms in total. The third-order valence-corrected chi connectivity index (χ3v) is 7.77. The third kappa shape index (κ3) is 4.90. The Hall–Kier alpha value is -3.44. The van der Waals surface area contributed by atoms with Crippen LogP contribution in [0, 0.1) is 5.41 Å². The smallest absolute Gasteiger partial charge is 0.283 e. The lowest BCUT2D eigenvalue weighted by molar-refractivity contribution is -0.114. The summed E-state index contributed by atoms with van der Waals surface area (Å²) < 4.78 is 40.5. The summed E-state index contributed by atoms with van der Waals surface area (Å²) in [7, 11) is -3.76. The highest BCUT2D eigenvalue weighted by molar-refractivity contribution is 8.16. The summed E-state index contributed by atoms with van der Waals surface area (Å²) >= 11 is 0.773. The molecule has 2 aliphatic heterocycles. The predicted octanol–water partition coefficient (Wildman–Crippen LogP) is 3.54. The molecular formula is C23H22N4O5S2. The number of nitrogens with zero attached hydrogens (tertiary/aromatic N) is 3. The van der Waals surface area contributed by atoms with Crippen LogP contribution >= 0.6 is 11.9 Å². The van der Waals surface area contributed by atoms with Gasteiger partial charge < -0.3 is 9.47 Å². The average Bonchev–Trinajstić information content (AvgIpc) is 3.25. The predicted molar refractivity (Wildman–Crippen MR) is 133 cm³/mol. The summed E-state index contributed by atoms with van der Waals surface area (Å²) in [6.07, 6.45) is 1.50. The largest absolute Gasteiger partial charge is 0.490 e. The molecule has 4 rings (SSSR count). The summed E-state index contributed by atoms with van der Waals surface area (Å²) in [4.78, 5) is 17.6. The molecule has 0 spiro atoms. The first-order valence-electron chi connectivity index (χ1n) is 10.4. The quantitative estimate of drug-likeness (QED) is 0.352. The lowest BCUT2D eigenvalue weighted by Gasteiger charge is -2.25. The maximum absolute atomic E-state index is 12.6. The molecule has 0 fully saturated rings. The molecule has 0 saturated carbocycles. The van der Waals surface area contributed by atoms with Gasteiger partial charge in [-0.1, -0.05) is 30.3 Å². The third-order valence-electron chi connectivity index (χ3n) is 4.92. The summed E-state index contributed by atoms with van der Waals surface area (Å²) in [5.41, 5.74) is 0.611. The molecule has 2 aliphatic rings. The summed E-state index contributed by atoms with van der Waals surface area (Å²) in [5, 5.41) is 7.54. The minimum atomic E-state index is -3.76. The van der Waals surface area contributed by atoms with Crippen LogP contribution in [0.5, 0.6) is 11.5 Å². The van der Waals surface area contributed by atoms with Gasteiger partial charge in [-0.25, -0.2) is 13.3 Å². The van der Waals surface area contributed by atoms with E-state index in [0.717, 1.165) is 22.6 Å². The Morgan fingerprint density at radius 2 is 1.65 bits per heavy atom. The molecule has 0 bridgehead atoms. The Morgan fingerprint density at radius 3 is 2.26 bits per heavy atom. The van der Waals surface area contributed by atoms with Gasteiger partial charge in [0.25, 0.3) is 5.91 Å². The molecule has 2 heterocycles. The van der Waals surface area contributed by atoms with Gasteiger partial charge in [0.05, 0.1) is 22.8 Å². The van der Waals surface area contributed by atoms with Crippen LogP contribution in [-0.2, 0) is 14.6 Å². The molecule has 0 atom stereocenters. The zero-order valence-corrected chi connectivity index (χ0v) is 20.1. The molecule has 0 aromatic heterocycles. The molecule has 0 aliphatic carbocycles. The molecule has 176 valence electrons. The number of carbonyl (C=O) groups excluding carboxylic acids is 1. The molecule has 34 heavy (non-hydrogen) atoms. The van der Waals surface area contributed by atoms with E-state index in [2.05, 4.69) is 9.39 Å². The second-order valence-corrected chi connectivity index (χ2v) is 10.7. The second kappa shape index (κ2) is 9.82. The molecule has 11 heteroatoms. The van der Waals surface area contributed by atoms with Crippen molar-refractivity contribution < 1.29 is 22.7 Å². The second-order valence-electron chi connectivity index (χ2n) is 7.58. The van der Waals surface area contributed by atoms with Crippen LogP contribution in [0.2, 0.25) is 0 Å². The van der Waals surface area contributed by atoms with Gasteiger partial charge in [0.15, 0.2) is 0 Å². The summed E-state index contributed by atoms with van der Waals surface area (Å²) in [6, 6.07) is 16.4. The highest BCUT2D eigenvalue weighted by atomic mass is 32.2. The van der Waals surface area contributed by atoms with E-state index in [4.69, 9.17) is 14.9 Å². The van der Waals surface area contributed by atoms with Crippen molar-refractivity contribution in [1.82, 2.24) is 4.90 Å². The van der Waals surface area contributed by atoms with Crippen LogP contribution in [0.25, 0.3) is 6.08 Å². The van der Waals surface area contributed by atoms with E-state index in [-0.39, 0.29) is 21.7 Å². The standard InChI is InChI=1S/C23H22N4O5S2/c1-15(2)34(29,30)23-26-33-22-25-21(28)19(20(24)27(22)23)14-16-8-10-18(11-9-16)32-13-12-31-17-6-4-3-5-7-17/h3-11,14-15,24H,12-13H2,1-2H3/b19-14-,24-20?. The molecule has 0 saturated heterocycles. The Labute approximate surface area is 201 Å². The molecule has 1 amide bonds. The normalized spacial score (nSPS) is 17.0. The number of sulfone groups is 1. The van der Waals surface area contributed by atoms with Gasteiger partial charge in [0.1, 0.15) is 30.5 Å². The van der Waals surface area contributed by atoms with E-state index in [9.17, 15) is 13.2 Å². The van der Waals surface area contributed by atoms with Crippen LogP contribution < -0.4 is 9.47 Å². The van der Waals surface area contributed by atoms with Crippen molar-refractivity contribution in [3.63, 3.8) is 0 Å². The van der Waals surface area contributed by atoms with E-state index >= 15 is 0 Å². The van der Waals surface area contributed by atoms with Crippen molar-refractivity contribution in [2.75, 3.05) is 13.2 Å². The SMILES string of the molecule is CC(C)S(=O)(=O)C1=NSC2=NC(=O)/C(=C\c3ccc(OCCOc4ccccc4)cc3)C(=N)N21. The number of benzene rings is 2. The maximum atomic E-state index is 12.6. The number of hydrogen-bond donors (Lipinski definition) is 1. The van der Waals surface area contributed by atoms with Crippen molar-refractivity contribution in [3.05, 3.63) is 65.7 Å². The van der Waals surface area contributed by atoms with Crippen LogP contribution in [0.1, 0.15) is 19.4 Å². The number of hydrogen-bond acceptors (Lipinski definition) is 8. The van der Waals surface area contributed by atoms with E-state index in [1.807, 2.05) is 30.3 Å². The Kier molecular flexibility index (Phi) is 6.85. The number of amidine groups is 3. The molecule has 2 aromatic rings. The van der Waals surface area contributed by atoms with E-state index in [0.29, 0.717) is 24.5 Å². The zero-order chi connectivity index (χ0) is 24.3. The first-order valence-corrected chi connectivity index (χ1v) is 12.7. The molecule has 1 N–H and O–H groups in total. The summed E-state index contributed by atoms with van der Waals surface area (Å²) in [5.74, 6) is 0.490. The number of para-hydroxylation sites is 1. The fraction of sp³-hybridized carbons (Fsp3) is 0.217. The number of ether oxygens (including phenoxy) is 2. The number of fused-ring (bicyclic) bond motifs is 1. The average molecular weight is 499 g/mol. The molecule has 2 aromatic carbocycles. The zero-order valence-electron chi connectivity index (χ0n) is 18.5. The number of aliphatic imine (C=N–C) groups is 1. The molecular weight excluding hydrogens is 476 g/mol. The Morgan fingerprint density at radius 1 is 1.03 bits per heavy atom. The van der Waals surface area contributed by atoms with Crippen molar-refractivity contribution in [2.24, 2.45) is 9.39 Å². The van der Waals surface area contributed by atoms with E-state index < -0.39 is 21.0 Å². The topological polar surface area (TPSA) is 121 Å². The van der Waals surface area contributed by atoms with Crippen molar-refractivity contribution in [3.8, 4) is 11.5 Å². The van der Waals surface area contributed by atoms with Crippen molar-refractivity contribution in [1.29, 1.82) is 5.41 Å². The van der Waals surface area contributed by atoms with Gasteiger partial charge in [-0.3, -0.25) is 10.2 Å². The highest BCUT2D eigenvalue weighted by Gasteiger charge is 2.43. The maximum Gasteiger partial charge on any atom is 0.283 e. The minimum Gasteiger partial charge on any atom is -0.490 e. The van der Waals surface area contributed by atoms with Crippen LogP contribution in [-0.4, -0.2) is 53.9 Å². The fourth-order valence-corrected chi connectivity index (χ4v) is 5.12. The molecule has 0 radical (unpaired) electrons. The lowest BCUT2D eigenvalue weighted by Crippen LogP contribution is -2.46. The van der Waals surface area contributed by atoms with Crippen LogP contribution in [0.15, 0.2) is 69.6 Å². The van der Waals surface area contributed by atoms with E-state index in [1.54, 1.807) is 24.3 Å². The first kappa shape index (κ1) is 23.7. The number of amides is 1. The van der Waals surface area contributed by atoms with Crippen LogP contribution in [0.4, 0.5) is 0 Å². The van der Waals surface area contributed by atoms with Crippen LogP contribution in [0.3, 0.4) is 0 Å². The van der Waals surface area contributed by atoms with Crippen molar-refractivity contribution >= 4 is 49.9 Å². The van der Waals surface area contributed by atoms with Gasteiger partial charge in [0.2, 0.25) is 20.2 Å². The van der Waals surface area contributed by atoms with Gasteiger partial charge in [-0.05, 0) is 49.8 Å². The van der Waals surface area contributed by atoms with E-state index in [1.165, 1.54) is 19.9 Å². The fourth-order valence-electron chi connectivity index (χ4n) is 3.06.